The molecule has 27 heavy (non-hydrogen) atoms. The molecule has 2 amide bonds. The number of hydrogen-bond acceptors (Lipinski definition) is 3. The average molecular weight is 368 g/mol. The molecule has 0 radical (unpaired) electrons. The fourth-order valence-corrected chi connectivity index (χ4v) is 3.95. The summed E-state index contributed by atoms with van der Waals surface area (Å²) in [5.74, 6) is 0.207. The molecule has 0 aromatic heterocycles. The van der Waals surface area contributed by atoms with Crippen molar-refractivity contribution in [2.24, 2.45) is 5.41 Å². The van der Waals surface area contributed by atoms with Gasteiger partial charge in [0, 0.05) is 37.2 Å². The number of rotatable bonds is 4. The van der Waals surface area contributed by atoms with E-state index in [9.17, 15) is 14.0 Å². The van der Waals surface area contributed by atoms with Crippen molar-refractivity contribution in [3.8, 4) is 5.75 Å². The number of nitrogens with zero attached hydrogens (tertiary/aromatic N) is 2. The molecule has 4 rings (SSSR count). The van der Waals surface area contributed by atoms with Gasteiger partial charge in [0.1, 0.15) is 11.6 Å². The van der Waals surface area contributed by atoms with Crippen LogP contribution in [0.5, 0.6) is 5.75 Å². The highest BCUT2D eigenvalue weighted by Gasteiger charge is 2.48. The molecule has 0 N–H and O–H groups in total. The summed E-state index contributed by atoms with van der Waals surface area (Å²) in [6.45, 7) is 1.64. The molecule has 2 aliphatic rings. The highest BCUT2D eigenvalue weighted by Crippen LogP contribution is 2.41. The lowest BCUT2D eigenvalue weighted by molar-refractivity contribution is -0.132. The van der Waals surface area contributed by atoms with Gasteiger partial charge in [-0.3, -0.25) is 9.59 Å². The summed E-state index contributed by atoms with van der Waals surface area (Å²) in [6, 6.07) is 15.3. The van der Waals surface area contributed by atoms with Gasteiger partial charge in [-0.15, -0.1) is 0 Å². The number of hydrogen-bond donors (Lipinski definition) is 0. The number of carbonyl (C=O) groups is 2. The summed E-state index contributed by atoms with van der Waals surface area (Å²) >= 11 is 0. The van der Waals surface area contributed by atoms with Gasteiger partial charge in [0.25, 0.3) is 5.91 Å². The number of halogens is 1. The first-order chi connectivity index (χ1) is 13.0. The van der Waals surface area contributed by atoms with Crippen LogP contribution in [0, 0.1) is 11.2 Å². The van der Waals surface area contributed by atoms with Gasteiger partial charge in [0.05, 0.1) is 0 Å². The molecule has 2 aliphatic heterocycles. The van der Waals surface area contributed by atoms with Gasteiger partial charge in [-0.2, -0.15) is 0 Å². The molecular weight excluding hydrogens is 347 g/mol. The van der Waals surface area contributed by atoms with E-state index in [1.54, 1.807) is 21.9 Å². The van der Waals surface area contributed by atoms with Crippen LogP contribution < -0.4 is 9.64 Å². The van der Waals surface area contributed by atoms with Gasteiger partial charge in [0.2, 0.25) is 5.91 Å². The molecule has 6 heteroatoms. The third-order valence-electron chi connectivity index (χ3n) is 5.34. The molecule has 1 spiro atoms. The number of anilines is 1. The molecule has 1 atom stereocenters. The minimum absolute atomic E-state index is 0.0123. The highest BCUT2D eigenvalue weighted by atomic mass is 19.1. The molecule has 0 saturated carbocycles. The molecule has 2 fully saturated rings. The summed E-state index contributed by atoms with van der Waals surface area (Å²) < 4.78 is 19.1. The molecule has 2 aromatic rings. The number of ether oxygens (including phenoxy) is 1. The maximum Gasteiger partial charge on any atom is 0.260 e. The first-order valence-corrected chi connectivity index (χ1v) is 9.06. The molecule has 0 bridgehead atoms. The first-order valence-electron chi connectivity index (χ1n) is 9.06. The fourth-order valence-electron chi connectivity index (χ4n) is 3.95. The highest BCUT2D eigenvalue weighted by molar-refractivity contribution is 5.96. The Labute approximate surface area is 157 Å². The van der Waals surface area contributed by atoms with Gasteiger partial charge >= 0.3 is 0 Å². The van der Waals surface area contributed by atoms with E-state index in [-0.39, 0.29) is 29.7 Å². The Morgan fingerprint density at radius 3 is 2.70 bits per heavy atom. The van der Waals surface area contributed by atoms with Crippen LogP contribution in [-0.2, 0) is 9.59 Å². The zero-order valence-corrected chi connectivity index (χ0v) is 14.9. The quantitative estimate of drug-likeness (QED) is 0.834. The van der Waals surface area contributed by atoms with E-state index in [0.717, 1.165) is 6.42 Å². The van der Waals surface area contributed by atoms with Crippen LogP contribution in [0.25, 0.3) is 0 Å². The van der Waals surface area contributed by atoms with Gasteiger partial charge in [-0.05, 0) is 36.8 Å². The first kappa shape index (κ1) is 17.5. The van der Waals surface area contributed by atoms with Crippen molar-refractivity contribution in [1.29, 1.82) is 0 Å². The number of carbonyl (C=O) groups excluding carboxylic acids is 2. The maximum absolute atomic E-state index is 13.5. The van der Waals surface area contributed by atoms with E-state index >= 15 is 0 Å². The van der Waals surface area contributed by atoms with Crippen LogP contribution in [0.2, 0.25) is 0 Å². The van der Waals surface area contributed by atoms with Crippen LogP contribution in [0.4, 0.5) is 10.1 Å². The average Bonchev–Trinajstić information content (AvgIpc) is 3.23. The summed E-state index contributed by atoms with van der Waals surface area (Å²) in [6.07, 6.45) is 1.15. The van der Waals surface area contributed by atoms with Crippen molar-refractivity contribution in [3.05, 3.63) is 60.4 Å². The Morgan fingerprint density at radius 2 is 1.93 bits per heavy atom. The Balaban J connectivity index is 1.38. The van der Waals surface area contributed by atoms with Crippen molar-refractivity contribution < 1.29 is 18.7 Å². The molecule has 2 saturated heterocycles. The Kier molecular flexibility index (Phi) is 4.56. The Hall–Kier alpha value is -2.89. The third kappa shape index (κ3) is 3.65. The van der Waals surface area contributed by atoms with Gasteiger partial charge in [-0.1, -0.05) is 24.3 Å². The van der Waals surface area contributed by atoms with Crippen molar-refractivity contribution in [2.75, 3.05) is 31.1 Å². The second kappa shape index (κ2) is 7.02. The van der Waals surface area contributed by atoms with Crippen LogP contribution in [-0.4, -0.2) is 43.0 Å². The predicted molar refractivity (Wildman–Crippen MR) is 98.9 cm³/mol. The lowest BCUT2D eigenvalue weighted by Crippen LogP contribution is -2.36. The second-order valence-electron chi connectivity index (χ2n) is 7.30. The van der Waals surface area contributed by atoms with Gasteiger partial charge in [-0.25, -0.2) is 4.39 Å². The van der Waals surface area contributed by atoms with E-state index < -0.39 is 0 Å². The maximum atomic E-state index is 13.5. The van der Waals surface area contributed by atoms with E-state index in [1.807, 2.05) is 30.3 Å². The molecule has 0 unspecified atom stereocenters. The number of para-hydroxylation sites is 1. The normalized spacial score (nSPS) is 21.9. The van der Waals surface area contributed by atoms with Gasteiger partial charge < -0.3 is 14.5 Å². The van der Waals surface area contributed by atoms with Crippen LogP contribution in [0.15, 0.2) is 54.6 Å². The lowest BCUT2D eigenvalue weighted by Gasteiger charge is -2.24. The Bertz CT molecular complexity index is 858. The lowest BCUT2D eigenvalue weighted by atomic mass is 9.86. The third-order valence-corrected chi connectivity index (χ3v) is 5.34. The summed E-state index contributed by atoms with van der Waals surface area (Å²) in [7, 11) is 0. The van der Waals surface area contributed by atoms with Crippen molar-refractivity contribution in [2.45, 2.75) is 12.8 Å². The van der Waals surface area contributed by atoms with Crippen LogP contribution >= 0.6 is 0 Å². The van der Waals surface area contributed by atoms with Crippen molar-refractivity contribution in [1.82, 2.24) is 4.90 Å². The van der Waals surface area contributed by atoms with Crippen molar-refractivity contribution >= 4 is 17.5 Å². The molecule has 2 aromatic carbocycles. The smallest absolute Gasteiger partial charge is 0.260 e. The molecule has 0 aliphatic carbocycles. The minimum Gasteiger partial charge on any atom is -0.484 e. The number of benzene rings is 2. The second-order valence-corrected chi connectivity index (χ2v) is 7.30. The zero-order chi connectivity index (χ0) is 18.9. The topological polar surface area (TPSA) is 49.9 Å². The van der Waals surface area contributed by atoms with E-state index in [0.29, 0.717) is 37.5 Å². The fraction of sp³-hybridized carbons (Fsp3) is 0.333. The molecular formula is C21H21FN2O3. The van der Waals surface area contributed by atoms with E-state index in [4.69, 9.17) is 4.74 Å². The van der Waals surface area contributed by atoms with Crippen LogP contribution in [0.1, 0.15) is 12.8 Å². The standard InChI is InChI=1S/C21H21FN2O3/c22-16-5-4-6-17(11-16)24-15-21(12-19(24)25)9-10-23(14-21)20(26)13-27-18-7-2-1-3-8-18/h1-8,11H,9-10,12-15H2/t21-/m0/s1. The zero-order valence-electron chi connectivity index (χ0n) is 14.9. The summed E-state index contributed by atoms with van der Waals surface area (Å²) in [5.41, 5.74) is 0.320. The van der Waals surface area contributed by atoms with E-state index in [2.05, 4.69) is 0 Å². The largest absolute Gasteiger partial charge is 0.484 e. The number of likely N-dealkylation sites (tertiary alicyclic amines) is 1. The van der Waals surface area contributed by atoms with E-state index in [1.165, 1.54) is 12.1 Å². The minimum atomic E-state index is -0.359. The Morgan fingerprint density at radius 1 is 1.11 bits per heavy atom. The monoisotopic (exact) mass is 368 g/mol. The number of amides is 2. The summed E-state index contributed by atoms with van der Waals surface area (Å²) in [4.78, 5) is 28.4. The molecule has 2 heterocycles. The summed E-state index contributed by atoms with van der Waals surface area (Å²) in [5, 5.41) is 0. The molecule has 140 valence electrons. The van der Waals surface area contributed by atoms with Crippen molar-refractivity contribution in [3.63, 3.8) is 0 Å². The van der Waals surface area contributed by atoms with Crippen LogP contribution in [0.3, 0.4) is 0 Å². The SMILES string of the molecule is O=C(COc1ccccc1)N1CC[C@]2(CC(=O)N(c3cccc(F)c3)C2)C1. The predicted octanol–water partition coefficient (Wildman–Crippen LogP) is 2.86. The molecule has 5 nitrogen and oxygen atoms in total. The van der Waals surface area contributed by atoms with Gasteiger partial charge in [0.15, 0.2) is 6.61 Å².